The van der Waals surface area contributed by atoms with E-state index in [-0.39, 0.29) is 6.10 Å². The number of hydrogen-bond acceptors (Lipinski definition) is 3. The van der Waals surface area contributed by atoms with Crippen molar-refractivity contribution in [1.29, 1.82) is 5.53 Å². The van der Waals surface area contributed by atoms with Crippen molar-refractivity contribution < 1.29 is 9.53 Å². The van der Waals surface area contributed by atoms with Crippen LogP contribution in [0.3, 0.4) is 0 Å². The smallest absolute Gasteiger partial charge is 0.439 e. The topological polar surface area (TPSA) is 78.3 Å². The molecule has 17 heavy (non-hydrogen) atoms. The maximum absolute atomic E-state index is 11.0. The van der Waals surface area contributed by atoms with Crippen LogP contribution in [0.5, 0.6) is 0 Å². The summed E-state index contributed by atoms with van der Waals surface area (Å²) in [6, 6.07) is 7.94. The highest BCUT2D eigenvalue weighted by atomic mass is 16.6. The normalized spacial score (nSPS) is 18.0. The SMILES string of the molecule is N=NC(=O)OC1CCc2[nH]c3ccccc3c21. The van der Waals surface area contributed by atoms with E-state index in [1.165, 1.54) is 0 Å². The van der Waals surface area contributed by atoms with Crippen LogP contribution in [0.2, 0.25) is 0 Å². The number of carbonyl (C=O) groups excluding carboxylic acids is 1. The second-order valence-corrected chi connectivity index (χ2v) is 4.09. The van der Waals surface area contributed by atoms with Gasteiger partial charge in [-0.3, -0.25) is 0 Å². The van der Waals surface area contributed by atoms with Gasteiger partial charge in [-0.2, -0.15) is 5.53 Å². The van der Waals surface area contributed by atoms with Gasteiger partial charge in [0, 0.05) is 22.2 Å². The molecule has 1 atom stereocenters. The van der Waals surface area contributed by atoms with Crippen molar-refractivity contribution in [3.63, 3.8) is 0 Å². The zero-order valence-electron chi connectivity index (χ0n) is 9.06. The number of fused-ring (bicyclic) bond motifs is 3. The van der Waals surface area contributed by atoms with Crippen LogP contribution < -0.4 is 0 Å². The molecule has 1 unspecified atom stereocenters. The highest BCUT2D eigenvalue weighted by Gasteiger charge is 2.29. The van der Waals surface area contributed by atoms with Gasteiger partial charge in [-0.25, -0.2) is 4.79 Å². The molecule has 1 aromatic carbocycles. The Morgan fingerprint density at radius 3 is 3.12 bits per heavy atom. The van der Waals surface area contributed by atoms with Crippen molar-refractivity contribution in [2.24, 2.45) is 5.11 Å². The molecule has 1 amide bonds. The quantitative estimate of drug-likeness (QED) is 0.735. The third kappa shape index (κ3) is 1.51. The average Bonchev–Trinajstić information content (AvgIpc) is 2.89. The fraction of sp³-hybridized carbons (Fsp3) is 0.250. The van der Waals surface area contributed by atoms with E-state index in [4.69, 9.17) is 10.3 Å². The molecule has 0 spiro atoms. The summed E-state index contributed by atoms with van der Waals surface area (Å²) in [5.74, 6) is 0. The minimum Gasteiger partial charge on any atom is -0.439 e. The van der Waals surface area contributed by atoms with Gasteiger partial charge in [-0.15, -0.1) is 0 Å². The van der Waals surface area contributed by atoms with Crippen molar-refractivity contribution in [3.8, 4) is 0 Å². The first kappa shape index (κ1) is 10.0. The van der Waals surface area contributed by atoms with Gasteiger partial charge in [-0.05, 0) is 18.9 Å². The van der Waals surface area contributed by atoms with Gasteiger partial charge in [0.1, 0.15) is 6.10 Å². The minimum absolute atomic E-state index is 0.275. The third-order valence-electron chi connectivity index (χ3n) is 3.14. The molecule has 5 heteroatoms. The number of para-hydroxylation sites is 1. The Kier molecular flexibility index (Phi) is 2.18. The molecule has 5 nitrogen and oxygen atoms in total. The molecule has 1 heterocycles. The Morgan fingerprint density at radius 2 is 2.29 bits per heavy atom. The molecule has 2 aromatic rings. The first-order chi connectivity index (χ1) is 8.29. The van der Waals surface area contributed by atoms with Crippen LogP contribution in [0.1, 0.15) is 23.8 Å². The number of H-pyrrole nitrogens is 1. The second kappa shape index (κ2) is 3.69. The minimum atomic E-state index is -0.826. The number of ether oxygens (including phenoxy) is 1. The summed E-state index contributed by atoms with van der Waals surface area (Å²) < 4.78 is 5.14. The maximum atomic E-state index is 11.0. The Balaban J connectivity index is 2.05. The van der Waals surface area contributed by atoms with Gasteiger partial charge in [-0.1, -0.05) is 23.3 Å². The number of aromatic amines is 1. The predicted octanol–water partition coefficient (Wildman–Crippen LogP) is 3.32. The van der Waals surface area contributed by atoms with Crippen molar-refractivity contribution in [2.45, 2.75) is 18.9 Å². The molecule has 0 aliphatic heterocycles. The molecule has 0 fully saturated rings. The van der Waals surface area contributed by atoms with Gasteiger partial charge in [0.05, 0.1) is 0 Å². The number of rotatable bonds is 1. The van der Waals surface area contributed by atoms with Crippen LogP contribution >= 0.6 is 0 Å². The Bertz CT molecular complexity index is 603. The van der Waals surface area contributed by atoms with E-state index in [2.05, 4.69) is 10.1 Å². The van der Waals surface area contributed by atoms with Crippen LogP contribution in [-0.4, -0.2) is 11.1 Å². The van der Waals surface area contributed by atoms with Gasteiger partial charge in [0.2, 0.25) is 0 Å². The first-order valence-corrected chi connectivity index (χ1v) is 5.47. The van der Waals surface area contributed by atoms with E-state index in [9.17, 15) is 4.79 Å². The first-order valence-electron chi connectivity index (χ1n) is 5.47. The summed E-state index contributed by atoms with van der Waals surface area (Å²) in [5, 5.41) is 3.85. The fourth-order valence-electron chi connectivity index (χ4n) is 2.47. The van der Waals surface area contributed by atoms with Crippen molar-refractivity contribution in [2.75, 3.05) is 0 Å². The highest BCUT2D eigenvalue weighted by Crippen LogP contribution is 2.39. The van der Waals surface area contributed by atoms with Crippen LogP contribution in [0.4, 0.5) is 4.79 Å². The van der Waals surface area contributed by atoms with E-state index < -0.39 is 6.09 Å². The van der Waals surface area contributed by atoms with E-state index in [0.717, 1.165) is 35.0 Å². The molecule has 1 aliphatic rings. The van der Waals surface area contributed by atoms with E-state index >= 15 is 0 Å². The van der Waals surface area contributed by atoms with Crippen LogP contribution in [0.25, 0.3) is 10.9 Å². The number of benzene rings is 1. The summed E-state index contributed by atoms with van der Waals surface area (Å²) in [4.78, 5) is 14.4. The molecular weight excluding hydrogens is 218 g/mol. The monoisotopic (exact) mass is 229 g/mol. The lowest BCUT2D eigenvalue weighted by molar-refractivity contribution is 0.106. The van der Waals surface area contributed by atoms with Gasteiger partial charge < -0.3 is 9.72 Å². The lowest BCUT2D eigenvalue weighted by Crippen LogP contribution is -2.04. The van der Waals surface area contributed by atoms with Crippen LogP contribution in [-0.2, 0) is 11.2 Å². The fourth-order valence-corrected chi connectivity index (χ4v) is 2.47. The summed E-state index contributed by atoms with van der Waals surface area (Å²) in [5.41, 5.74) is 9.84. The van der Waals surface area contributed by atoms with Crippen molar-refractivity contribution in [3.05, 3.63) is 35.5 Å². The highest BCUT2D eigenvalue weighted by molar-refractivity contribution is 5.86. The standard InChI is InChI=1S/C12H11N3O2/c13-15-12(16)17-10-6-5-9-11(10)7-3-1-2-4-8(7)14-9/h1-4,10,13-14H,5-6H2. The largest absolute Gasteiger partial charge is 0.452 e. The van der Waals surface area contributed by atoms with Crippen molar-refractivity contribution in [1.82, 2.24) is 4.98 Å². The summed E-state index contributed by atoms with van der Waals surface area (Å²) in [6.45, 7) is 0. The Morgan fingerprint density at radius 1 is 1.47 bits per heavy atom. The summed E-state index contributed by atoms with van der Waals surface area (Å²) in [7, 11) is 0. The number of carbonyl (C=O) groups is 1. The summed E-state index contributed by atoms with van der Waals surface area (Å²) >= 11 is 0. The van der Waals surface area contributed by atoms with Crippen molar-refractivity contribution >= 4 is 17.0 Å². The second-order valence-electron chi connectivity index (χ2n) is 4.09. The molecule has 0 radical (unpaired) electrons. The molecule has 1 aromatic heterocycles. The lowest BCUT2D eigenvalue weighted by atomic mass is 10.1. The molecule has 2 N–H and O–H groups in total. The molecule has 1 aliphatic carbocycles. The van der Waals surface area contributed by atoms with Crippen LogP contribution in [0.15, 0.2) is 29.4 Å². The zero-order valence-corrected chi connectivity index (χ0v) is 9.06. The predicted molar refractivity (Wildman–Crippen MR) is 61.0 cm³/mol. The van der Waals surface area contributed by atoms with Gasteiger partial charge in [0.15, 0.2) is 0 Å². The van der Waals surface area contributed by atoms with E-state index in [0.29, 0.717) is 0 Å². The number of hydrogen-bond donors (Lipinski definition) is 2. The molecule has 86 valence electrons. The van der Waals surface area contributed by atoms with Crippen LogP contribution in [0, 0.1) is 5.53 Å². The molecular formula is C12H11N3O2. The van der Waals surface area contributed by atoms with E-state index in [1.807, 2.05) is 24.3 Å². The zero-order chi connectivity index (χ0) is 11.8. The number of aromatic nitrogens is 1. The molecule has 0 saturated carbocycles. The Labute approximate surface area is 97.3 Å². The Hall–Kier alpha value is -2.17. The number of nitrogens with zero attached hydrogens (tertiary/aromatic N) is 1. The number of nitrogens with one attached hydrogen (secondary N) is 2. The third-order valence-corrected chi connectivity index (χ3v) is 3.14. The molecule has 0 bridgehead atoms. The number of amides is 1. The van der Waals surface area contributed by atoms with Gasteiger partial charge >= 0.3 is 6.09 Å². The average molecular weight is 229 g/mol. The lowest BCUT2D eigenvalue weighted by Gasteiger charge is -2.09. The molecule has 3 rings (SSSR count). The van der Waals surface area contributed by atoms with E-state index in [1.54, 1.807) is 0 Å². The van der Waals surface area contributed by atoms with Gasteiger partial charge in [0.25, 0.3) is 0 Å². The summed E-state index contributed by atoms with van der Waals surface area (Å²) in [6.07, 6.45) is 0.517. The maximum Gasteiger partial charge on any atom is 0.452 e. The molecule has 0 saturated heterocycles. The number of aryl methyl sites for hydroxylation is 1.